The molecular weight excluding hydrogens is 412 g/mol. The first-order chi connectivity index (χ1) is 15.6. The van der Waals surface area contributed by atoms with Crippen LogP contribution >= 0.6 is 0 Å². The second kappa shape index (κ2) is 9.84. The predicted octanol–water partition coefficient (Wildman–Crippen LogP) is 2.60. The number of aliphatic hydroxyl groups excluding tert-OH is 1. The third kappa shape index (κ3) is 4.46. The van der Waals surface area contributed by atoms with E-state index in [0.717, 1.165) is 13.1 Å². The molecule has 2 aliphatic rings. The molecule has 0 spiro atoms. The average molecular weight is 438 g/mol. The molecule has 1 aromatic heterocycles. The fourth-order valence-electron chi connectivity index (χ4n) is 3.95. The predicted molar refractivity (Wildman–Crippen MR) is 117 cm³/mol. The molecule has 2 aliphatic heterocycles. The van der Waals surface area contributed by atoms with Crippen LogP contribution in [-0.2, 0) is 14.3 Å². The molecule has 2 aromatic rings. The molecule has 0 bridgehead atoms. The molecule has 3 heterocycles. The molecular formula is C24H26N2O6. The summed E-state index contributed by atoms with van der Waals surface area (Å²) in [6, 6.07) is 9.29. The smallest absolute Gasteiger partial charge is 0.295 e. The van der Waals surface area contributed by atoms with Crippen molar-refractivity contribution in [3.8, 4) is 5.75 Å². The summed E-state index contributed by atoms with van der Waals surface area (Å²) in [5.41, 5.74) is 0.436. The van der Waals surface area contributed by atoms with E-state index in [-0.39, 0.29) is 11.3 Å². The van der Waals surface area contributed by atoms with Gasteiger partial charge in [-0.1, -0.05) is 12.7 Å². The van der Waals surface area contributed by atoms with Crippen molar-refractivity contribution >= 4 is 17.4 Å². The third-order valence-corrected chi connectivity index (χ3v) is 5.61. The number of rotatable bonds is 8. The van der Waals surface area contributed by atoms with Crippen molar-refractivity contribution in [2.45, 2.75) is 6.04 Å². The number of morpholine rings is 1. The molecule has 0 aliphatic carbocycles. The van der Waals surface area contributed by atoms with Crippen LogP contribution in [0.5, 0.6) is 5.75 Å². The van der Waals surface area contributed by atoms with E-state index in [1.807, 2.05) is 0 Å². The Balaban J connectivity index is 1.64. The molecule has 1 aromatic carbocycles. The van der Waals surface area contributed by atoms with Crippen molar-refractivity contribution in [3.05, 3.63) is 72.2 Å². The maximum absolute atomic E-state index is 13.0. The number of amides is 1. The lowest BCUT2D eigenvalue weighted by Crippen LogP contribution is -2.42. The number of carbonyl (C=O) groups excluding carboxylic acids is 2. The number of hydrogen-bond donors (Lipinski definition) is 1. The molecule has 32 heavy (non-hydrogen) atoms. The van der Waals surface area contributed by atoms with Crippen molar-refractivity contribution < 1.29 is 28.6 Å². The van der Waals surface area contributed by atoms with Gasteiger partial charge >= 0.3 is 0 Å². The van der Waals surface area contributed by atoms with E-state index >= 15 is 0 Å². The summed E-state index contributed by atoms with van der Waals surface area (Å²) in [5.74, 6) is -0.576. The molecule has 8 heteroatoms. The SMILES string of the molecule is C=CCOc1ccc(/C(O)=C2\C(=O)C(=O)N(CCN3CCOCC3)[C@H]2c2ccco2)cc1. The number of nitrogens with zero attached hydrogens (tertiary/aromatic N) is 2. The van der Waals surface area contributed by atoms with Crippen molar-refractivity contribution in [2.75, 3.05) is 46.0 Å². The zero-order valence-electron chi connectivity index (χ0n) is 17.7. The number of likely N-dealkylation sites (tertiary alicyclic amines) is 1. The van der Waals surface area contributed by atoms with E-state index in [1.54, 1.807) is 42.5 Å². The topological polar surface area (TPSA) is 92.5 Å². The highest BCUT2D eigenvalue weighted by atomic mass is 16.5. The number of furan rings is 1. The zero-order chi connectivity index (χ0) is 22.5. The monoisotopic (exact) mass is 438 g/mol. The van der Waals surface area contributed by atoms with Crippen LogP contribution in [0.15, 0.2) is 65.3 Å². The van der Waals surface area contributed by atoms with Gasteiger partial charge in [0.1, 0.15) is 29.9 Å². The lowest BCUT2D eigenvalue weighted by Gasteiger charge is -2.30. The summed E-state index contributed by atoms with van der Waals surface area (Å²) in [4.78, 5) is 29.6. The van der Waals surface area contributed by atoms with Crippen molar-refractivity contribution in [1.82, 2.24) is 9.80 Å². The normalized spacial score (nSPS) is 21.1. The first-order valence-electron chi connectivity index (χ1n) is 10.6. The Morgan fingerprint density at radius 2 is 1.91 bits per heavy atom. The standard InChI is InChI=1S/C24H26N2O6/c1-2-13-31-18-7-5-17(6-8-18)22(27)20-21(19-4-3-14-32-19)26(24(29)23(20)28)10-9-25-11-15-30-16-12-25/h2-8,14,21,27H,1,9-13,15-16H2/b22-20+/t21-/m0/s1. The van der Waals surface area contributed by atoms with Gasteiger partial charge in [-0.25, -0.2) is 0 Å². The minimum atomic E-state index is -0.789. The number of Topliss-reactive ketones (excluding diaryl/α,β-unsaturated/α-hetero) is 1. The minimum absolute atomic E-state index is 0.0201. The molecule has 0 radical (unpaired) electrons. The molecule has 168 valence electrons. The Morgan fingerprint density at radius 1 is 1.16 bits per heavy atom. The summed E-state index contributed by atoms with van der Waals surface area (Å²) in [6.07, 6.45) is 3.12. The molecule has 0 unspecified atom stereocenters. The van der Waals surface area contributed by atoms with Gasteiger partial charge in [-0.05, 0) is 36.4 Å². The lowest BCUT2D eigenvalue weighted by molar-refractivity contribution is -0.140. The summed E-state index contributed by atoms with van der Waals surface area (Å²) < 4.78 is 16.4. The largest absolute Gasteiger partial charge is 0.507 e. The highest BCUT2D eigenvalue weighted by Gasteiger charge is 2.47. The second-order valence-electron chi connectivity index (χ2n) is 7.59. The first kappa shape index (κ1) is 21.9. The van der Waals surface area contributed by atoms with Gasteiger partial charge in [0.15, 0.2) is 0 Å². The van der Waals surface area contributed by atoms with Crippen LogP contribution in [0.2, 0.25) is 0 Å². The van der Waals surface area contributed by atoms with Crippen LogP contribution in [0, 0.1) is 0 Å². The lowest BCUT2D eigenvalue weighted by atomic mass is 9.99. The minimum Gasteiger partial charge on any atom is -0.507 e. The van der Waals surface area contributed by atoms with Crippen molar-refractivity contribution in [3.63, 3.8) is 0 Å². The Bertz CT molecular complexity index is 990. The number of aliphatic hydroxyl groups is 1. The van der Waals surface area contributed by atoms with E-state index in [9.17, 15) is 14.7 Å². The molecule has 1 amide bonds. The molecule has 1 N–H and O–H groups in total. The van der Waals surface area contributed by atoms with Crippen LogP contribution < -0.4 is 4.74 Å². The third-order valence-electron chi connectivity index (χ3n) is 5.61. The molecule has 4 rings (SSSR count). The fraction of sp³-hybridized carbons (Fsp3) is 0.333. The second-order valence-corrected chi connectivity index (χ2v) is 7.59. The Kier molecular flexibility index (Phi) is 6.72. The average Bonchev–Trinajstić information content (AvgIpc) is 3.44. The van der Waals surface area contributed by atoms with Gasteiger partial charge in [-0.2, -0.15) is 0 Å². The highest BCUT2D eigenvalue weighted by molar-refractivity contribution is 6.46. The Morgan fingerprint density at radius 3 is 2.56 bits per heavy atom. The maximum atomic E-state index is 13.0. The van der Waals surface area contributed by atoms with E-state index < -0.39 is 17.7 Å². The van der Waals surface area contributed by atoms with Gasteiger partial charge in [0.25, 0.3) is 11.7 Å². The number of hydrogen-bond acceptors (Lipinski definition) is 7. The van der Waals surface area contributed by atoms with Crippen LogP contribution in [-0.4, -0.2) is 72.6 Å². The first-order valence-corrected chi connectivity index (χ1v) is 10.6. The van der Waals surface area contributed by atoms with E-state index in [4.69, 9.17) is 13.9 Å². The Hall–Kier alpha value is -3.36. The van der Waals surface area contributed by atoms with Gasteiger partial charge in [-0.15, -0.1) is 0 Å². The fourth-order valence-corrected chi connectivity index (χ4v) is 3.95. The maximum Gasteiger partial charge on any atom is 0.295 e. The van der Waals surface area contributed by atoms with Gasteiger partial charge in [0.2, 0.25) is 0 Å². The summed E-state index contributed by atoms with van der Waals surface area (Å²) >= 11 is 0. The van der Waals surface area contributed by atoms with E-state index in [0.29, 0.717) is 50.0 Å². The van der Waals surface area contributed by atoms with Gasteiger partial charge in [0, 0.05) is 31.7 Å². The summed E-state index contributed by atoms with van der Waals surface area (Å²) in [6.45, 7) is 7.74. The van der Waals surface area contributed by atoms with Crippen LogP contribution in [0.4, 0.5) is 0 Å². The number of carbonyl (C=O) groups is 2. The quantitative estimate of drug-likeness (QED) is 0.293. The van der Waals surface area contributed by atoms with Gasteiger partial charge in [0.05, 0.1) is 25.1 Å². The molecule has 0 saturated carbocycles. The van der Waals surface area contributed by atoms with Crippen molar-refractivity contribution in [1.29, 1.82) is 0 Å². The van der Waals surface area contributed by atoms with E-state index in [1.165, 1.54) is 11.2 Å². The van der Waals surface area contributed by atoms with Gasteiger partial charge < -0.3 is 23.9 Å². The number of benzene rings is 1. The molecule has 1 atom stereocenters. The summed E-state index contributed by atoms with van der Waals surface area (Å²) in [5, 5.41) is 11.0. The number of ketones is 1. The summed E-state index contributed by atoms with van der Waals surface area (Å²) in [7, 11) is 0. The molecule has 2 fully saturated rings. The molecule has 8 nitrogen and oxygen atoms in total. The van der Waals surface area contributed by atoms with E-state index in [2.05, 4.69) is 11.5 Å². The van der Waals surface area contributed by atoms with Crippen LogP contribution in [0.3, 0.4) is 0 Å². The van der Waals surface area contributed by atoms with Gasteiger partial charge in [-0.3, -0.25) is 14.5 Å². The molecule has 2 saturated heterocycles. The van der Waals surface area contributed by atoms with Crippen molar-refractivity contribution in [2.24, 2.45) is 0 Å². The number of ether oxygens (including phenoxy) is 2. The zero-order valence-corrected chi connectivity index (χ0v) is 17.7. The van der Waals surface area contributed by atoms with Crippen LogP contribution in [0.1, 0.15) is 17.4 Å². The van der Waals surface area contributed by atoms with Crippen LogP contribution in [0.25, 0.3) is 5.76 Å². The highest BCUT2D eigenvalue weighted by Crippen LogP contribution is 2.39. The Labute approximate surface area is 186 Å².